The van der Waals surface area contributed by atoms with Crippen LogP contribution in [0, 0.1) is 11.6 Å². The molecule has 0 spiro atoms. The van der Waals surface area contributed by atoms with E-state index in [4.69, 9.17) is 19.9 Å². The fraction of sp³-hybridized carbons (Fsp3) is 0.450. The van der Waals surface area contributed by atoms with Crippen molar-refractivity contribution in [3.05, 3.63) is 29.6 Å². The van der Waals surface area contributed by atoms with Crippen LogP contribution < -0.4 is 15.2 Å². The Morgan fingerprint density at radius 2 is 1.93 bits per heavy atom. The summed E-state index contributed by atoms with van der Waals surface area (Å²) in [4.78, 5) is 13.1. The van der Waals surface area contributed by atoms with Crippen molar-refractivity contribution in [1.82, 2.24) is 19.5 Å². The van der Waals surface area contributed by atoms with E-state index in [1.54, 1.807) is 0 Å². The lowest BCUT2D eigenvalue weighted by Gasteiger charge is -2.25. The van der Waals surface area contributed by atoms with Crippen molar-refractivity contribution in [1.29, 1.82) is 0 Å². The number of nitrogens with two attached hydrogens (primary N) is 1. The van der Waals surface area contributed by atoms with E-state index < -0.39 is 11.6 Å². The third-order valence-electron chi connectivity index (χ3n) is 4.97. The number of rotatable bonds is 6. The minimum atomic E-state index is -1.20. The van der Waals surface area contributed by atoms with Crippen molar-refractivity contribution in [2.45, 2.75) is 45.3 Å². The van der Waals surface area contributed by atoms with E-state index >= 15 is 0 Å². The summed E-state index contributed by atoms with van der Waals surface area (Å²) in [5, 5.41) is 0. The van der Waals surface area contributed by atoms with Gasteiger partial charge in [-0.05, 0) is 37.8 Å². The van der Waals surface area contributed by atoms with Gasteiger partial charge in [0, 0.05) is 13.0 Å². The molecule has 0 bridgehead atoms. The van der Waals surface area contributed by atoms with Crippen molar-refractivity contribution < 1.29 is 23.0 Å². The Morgan fingerprint density at radius 1 is 1.17 bits per heavy atom. The number of methoxy groups -OCH3 is 1. The maximum absolute atomic E-state index is 14.3. The van der Waals surface area contributed by atoms with Crippen LogP contribution in [0.15, 0.2) is 12.1 Å². The normalized spacial score (nSPS) is 16.7. The van der Waals surface area contributed by atoms with E-state index in [1.807, 2.05) is 4.57 Å². The van der Waals surface area contributed by atoms with Gasteiger partial charge in [0.05, 0.1) is 7.11 Å². The number of ether oxygens (including phenoxy) is 3. The molecule has 8 nitrogen and oxygen atoms in total. The van der Waals surface area contributed by atoms with Crippen LogP contribution in [0.25, 0.3) is 11.2 Å². The van der Waals surface area contributed by atoms with Gasteiger partial charge in [-0.15, -0.1) is 0 Å². The van der Waals surface area contributed by atoms with E-state index in [2.05, 4.69) is 21.9 Å². The number of benzene rings is 1. The first kappa shape index (κ1) is 20.3. The summed E-state index contributed by atoms with van der Waals surface area (Å²) in [6.07, 6.45) is 4.21. The van der Waals surface area contributed by atoms with Crippen molar-refractivity contribution in [2.75, 3.05) is 19.5 Å². The first-order valence-corrected chi connectivity index (χ1v) is 9.89. The SMILES string of the molecule is CCCc1nc2c(N)nc(Oc3ccc(OC)c(F)c3F)nc2n1C1CCCCO1. The number of anilines is 1. The molecule has 1 saturated heterocycles. The topological polar surface area (TPSA) is 97.3 Å². The van der Waals surface area contributed by atoms with Gasteiger partial charge in [-0.1, -0.05) is 6.92 Å². The number of imidazole rings is 1. The molecule has 3 heterocycles. The van der Waals surface area contributed by atoms with Gasteiger partial charge in [0.15, 0.2) is 28.5 Å². The molecular weight excluding hydrogens is 396 g/mol. The maximum atomic E-state index is 14.3. The van der Waals surface area contributed by atoms with Gasteiger partial charge in [0.25, 0.3) is 0 Å². The molecule has 1 aromatic carbocycles. The number of hydrogen-bond donors (Lipinski definition) is 1. The fourth-order valence-electron chi connectivity index (χ4n) is 3.54. The predicted octanol–water partition coefficient (Wildman–Crippen LogP) is 4.14. The van der Waals surface area contributed by atoms with E-state index in [1.165, 1.54) is 19.2 Å². The Hall–Kier alpha value is -3.01. The number of aromatic nitrogens is 4. The van der Waals surface area contributed by atoms with Gasteiger partial charge in [0.2, 0.25) is 11.6 Å². The summed E-state index contributed by atoms with van der Waals surface area (Å²) in [6.45, 7) is 2.70. The molecule has 2 aromatic heterocycles. The molecule has 10 heteroatoms. The Morgan fingerprint density at radius 3 is 2.63 bits per heavy atom. The van der Waals surface area contributed by atoms with E-state index in [-0.39, 0.29) is 29.6 Å². The summed E-state index contributed by atoms with van der Waals surface area (Å²) >= 11 is 0. The molecule has 1 aliphatic rings. The van der Waals surface area contributed by atoms with Gasteiger partial charge in [-0.2, -0.15) is 18.7 Å². The molecule has 0 aliphatic carbocycles. The summed E-state index contributed by atoms with van der Waals surface area (Å²) in [5.41, 5.74) is 6.97. The molecule has 2 N–H and O–H groups in total. The second-order valence-electron chi connectivity index (χ2n) is 7.03. The number of nitrogens with zero attached hydrogens (tertiary/aromatic N) is 4. The summed E-state index contributed by atoms with van der Waals surface area (Å²) in [5.74, 6) is -2.08. The average Bonchev–Trinajstić information content (AvgIpc) is 3.11. The van der Waals surface area contributed by atoms with E-state index in [9.17, 15) is 8.78 Å². The number of fused-ring (bicyclic) bond motifs is 1. The van der Waals surface area contributed by atoms with Crippen molar-refractivity contribution in [2.24, 2.45) is 0 Å². The zero-order valence-electron chi connectivity index (χ0n) is 16.8. The summed E-state index contributed by atoms with van der Waals surface area (Å²) in [6, 6.07) is 2.30. The fourth-order valence-corrected chi connectivity index (χ4v) is 3.54. The second-order valence-corrected chi connectivity index (χ2v) is 7.03. The summed E-state index contributed by atoms with van der Waals surface area (Å²) < 4.78 is 46.4. The molecule has 4 rings (SSSR count). The van der Waals surface area contributed by atoms with Crippen molar-refractivity contribution in [3.63, 3.8) is 0 Å². The Balaban J connectivity index is 1.78. The van der Waals surface area contributed by atoms with Crippen LogP contribution in [0.5, 0.6) is 17.5 Å². The van der Waals surface area contributed by atoms with Crippen LogP contribution in [0.4, 0.5) is 14.6 Å². The largest absolute Gasteiger partial charge is 0.494 e. The molecule has 0 radical (unpaired) electrons. The number of hydrogen-bond acceptors (Lipinski definition) is 7. The van der Waals surface area contributed by atoms with Crippen LogP contribution in [-0.4, -0.2) is 33.2 Å². The quantitative estimate of drug-likeness (QED) is 0.641. The van der Waals surface area contributed by atoms with Crippen LogP contribution >= 0.6 is 0 Å². The predicted molar refractivity (Wildman–Crippen MR) is 106 cm³/mol. The lowest BCUT2D eigenvalue weighted by Crippen LogP contribution is -2.20. The molecule has 0 saturated carbocycles. The van der Waals surface area contributed by atoms with Crippen molar-refractivity contribution >= 4 is 17.0 Å². The minimum Gasteiger partial charge on any atom is -0.494 e. The molecule has 1 atom stereocenters. The van der Waals surface area contributed by atoms with E-state index in [0.29, 0.717) is 24.2 Å². The monoisotopic (exact) mass is 419 g/mol. The molecular formula is C20H23F2N5O3. The van der Waals surface area contributed by atoms with Crippen LogP contribution in [0.1, 0.15) is 44.7 Å². The second kappa shape index (κ2) is 8.39. The molecule has 3 aromatic rings. The highest BCUT2D eigenvalue weighted by Gasteiger charge is 2.25. The van der Waals surface area contributed by atoms with Crippen LogP contribution in [0.2, 0.25) is 0 Å². The summed E-state index contributed by atoms with van der Waals surface area (Å²) in [7, 11) is 1.25. The van der Waals surface area contributed by atoms with Crippen LogP contribution in [-0.2, 0) is 11.2 Å². The zero-order valence-corrected chi connectivity index (χ0v) is 16.8. The molecule has 1 fully saturated rings. The molecule has 30 heavy (non-hydrogen) atoms. The Bertz CT molecular complexity index is 1070. The third-order valence-corrected chi connectivity index (χ3v) is 4.97. The highest BCUT2D eigenvalue weighted by atomic mass is 19.2. The highest BCUT2D eigenvalue weighted by molar-refractivity contribution is 5.82. The van der Waals surface area contributed by atoms with Crippen LogP contribution in [0.3, 0.4) is 0 Å². The molecule has 1 unspecified atom stereocenters. The van der Waals surface area contributed by atoms with Gasteiger partial charge >= 0.3 is 6.01 Å². The van der Waals surface area contributed by atoms with Gasteiger partial charge in [0.1, 0.15) is 12.1 Å². The number of halogens is 2. The average molecular weight is 419 g/mol. The highest BCUT2D eigenvalue weighted by Crippen LogP contribution is 2.33. The van der Waals surface area contributed by atoms with Gasteiger partial charge < -0.3 is 19.9 Å². The lowest BCUT2D eigenvalue weighted by atomic mass is 10.2. The standard InChI is InChI=1S/C20H23F2N5O3/c1-3-6-13-24-17-18(23)25-20(26-19(17)27(13)14-7-4-5-10-29-14)30-12-9-8-11(28-2)15(21)16(12)22/h8-9,14H,3-7,10H2,1-2H3,(H2,23,25,26). The van der Waals surface area contributed by atoms with Gasteiger partial charge in [-0.3, -0.25) is 4.57 Å². The zero-order chi connectivity index (χ0) is 21.3. The van der Waals surface area contributed by atoms with E-state index in [0.717, 1.165) is 31.5 Å². The smallest absolute Gasteiger partial charge is 0.326 e. The van der Waals surface area contributed by atoms with Gasteiger partial charge in [-0.25, -0.2) is 4.98 Å². The molecule has 1 aliphatic heterocycles. The first-order valence-electron chi connectivity index (χ1n) is 9.89. The lowest BCUT2D eigenvalue weighted by molar-refractivity contribution is -0.0313. The van der Waals surface area contributed by atoms with Crippen molar-refractivity contribution in [3.8, 4) is 17.5 Å². The Kier molecular flexibility index (Phi) is 5.67. The Labute approximate surface area is 172 Å². The third kappa shape index (κ3) is 3.62. The maximum Gasteiger partial charge on any atom is 0.326 e. The number of aryl methyl sites for hydroxylation is 1. The molecule has 0 amide bonds. The minimum absolute atomic E-state index is 0.0938. The number of nitrogen functional groups attached to an aromatic ring is 1. The first-order chi connectivity index (χ1) is 14.5. The molecule has 160 valence electrons.